The van der Waals surface area contributed by atoms with Gasteiger partial charge in [0, 0.05) is 22.8 Å². The van der Waals surface area contributed by atoms with E-state index in [9.17, 15) is 14.0 Å². The molecule has 0 aromatic heterocycles. The third kappa shape index (κ3) is 7.90. The molecule has 0 atom stereocenters. The van der Waals surface area contributed by atoms with E-state index in [-0.39, 0.29) is 19.0 Å². The summed E-state index contributed by atoms with van der Waals surface area (Å²) in [4.78, 5) is 24.5. The maximum atomic E-state index is 13.1. The number of hydrogen-bond donors (Lipinski definition) is 2. The van der Waals surface area contributed by atoms with Crippen LogP contribution in [0.4, 0.5) is 10.1 Å². The molecule has 0 unspecified atom stereocenters. The number of para-hydroxylation sites is 1. The van der Waals surface area contributed by atoms with Crippen molar-refractivity contribution in [2.75, 3.05) is 37.1 Å². The molecule has 0 aliphatic carbocycles. The fourth-order valence-corrected chi connectivity index (χ4v) is 6.30. The van der Waals surface area contributed by atoms with Crippen molar-refractivity contribution in [3.05, 3.63) is 83.7 Å². The van der Waals surface area contributed by atoms with Crippen molar-refractivity contribution in [1.29, 1.82) is 0 Å². The predicted octanol–water partition coefficient (Wildman–Crippen LogP) is 4.86. The monoisotopic (exact) mass is 555 g/mol. The first-order valence-corrected chi connectivity index (χ1v) is 13.7. The number of thioether (sulfide) groups is 2. The largest absolute Gasteiger partial charge is 0.493 e. The molecule has 0 radical (unpaired) electrons. The molecule has 8 nitrogen and oxygen atoms in total. The lowest BCUT2D eigenvalue weighted by Gasteiger charge is -2.13. The fourth-order valence-electron chi connectivity index (χ4n) is 3.44. The highest BCUT2D eigenvalue weighted by molar-refractivity contribution is 8.19. The number of rotatable bonds is 11. The van der Waals surface area contributed by atoms with Gasteiger partial charge in [0.1, 0.15) is 11.6 Å². The van der Waals surface area contributed by atoms with Crippen molar-refractivity contribution >= 4 is 47.2 Å². The van der Waals surface area contributed by atoms with Crippen LogP contribution in [0.3, 0.4) is 0 Å². The van der Waals surface area contributed by atoms with Crippen LogP contribution >= 0.6 is 23.5 Å². The maximum absolute atomic E-state index is 13.1. The van der Waals surface area contributed by atoms with E-state index in [1.807, 2.05) is 47.8 Å². The van der Waals surface area contributed by atoms with E-state index in [0.29, 0.717) is 27.3 Å². The van der Waals surface area contributed by atoms with Crippen LogP contribution in [-0.4, -0.2) is 49.9 Å². The first-order chi connectivity index (χ1) is 18.5. The molecule has 0 bridgehead atoms. The minimum atomic E-state index is -0.440. The first-order valence-electron chi connectivity index (χ1n) is 11.6. The van der Waals surface area contributed by atoms with Crippen LogP contribution in [0.25, 0.3) is 0 Å². The smallest absolute Gasteiger partial charge is 0.277 e. The van der Waals surface area contributed by atoms with Crippen LogP contribution in [0.15, 0.2) is 71.8 Å². The van der Waals surface area contributed by atoms with E-state index in [0.717, 1.165) is 11.5 Å². The minimum absolute atomic E-state index is 0.200. The number of halogens is 1. The number of nitrogens with one attached hydrogen (secondary N) is 2. The van der Waals surface area contributed by atoms with Crippen molar-refractivity contribution in [2.45, 2.75) is 4.58 Å². The second-order valence-corrected chi connectivity index (χ2v) is 10.7. The van der Waals surface area contributed by atoms with Crippen molar-refractivity contribution < 1.29 is 28.2 Å². The second-order valence-electron chi connectivity index (χ2n) is 7.95. The zero-order chi connectivity index (χ0) is 26.7. The highest BCUT2D eigenvalue weighted by Crippen LogP contribution is 2.45. The van der Waals surface area contributed by atoms with E-state index in [2.05, 4.69) is 15.8 Å². The van der Waals surface area contributed by atoms with Crippen LogP contribution < -0.4 is 25.0 Å². The first kappa shape index (κ1) is 27.3. The lowest BCUT2D eigenvalue weighted by molar-refractivity contribution is -0.123. The molecule has 2 amide bonds. The number of ether oxygens (including phenoxy) is 3. The number of anilines is 1. The Morgan fingerprint density at radius 3 is 2.39 bits per heavy atom. The summed E-state index contributed by atoms with van der Waals surface area (Å²) in [6, 6.07) is 18.2. The van der Waals surface area contributed by atoms with Crippen LogP contribution in [-0.2, 0) is 9.59 Å². The number of methoxy groups -OCH3 is 1. The molecular formula is C27H26FN3O5S2. The van der Waals surface area contributed by atoms with Gasteiger partial charge in [0.15, 0.2) is 24.7 Å². The summed E-state index contributed by atoms with van der Waals surface area (Å²) in [6.07, 6.45) is 1.39. The van der Waals surface area contributed by atoms with Gasteiger partial charge >= 0.3 is 0 Å². The second kappa shape index (κ2) is 13.7. The average molecular weight is 556 g/mol. The quantitative estimate of drug-likeness (QED) is 0.258. The molecule has 38 heavy (non-hydrogen) atoms. The van der Waals surface area contributed by atoms with E-state index in [1.165, 1.54) is 43.2 Å². The Morgan fingerprint density at radius 2 is 1.68 bits per heavy atom. The number of hydrazone groups is 1. The molecule has 0 saturated carbocycles. The maximum Gasteiger partial charge on any atom is 0.277 e. The minimum Gasteiger partial charge on any atom is -0.493 e. The van der Waals surface area contributed by atoms with Gasteiger partial charge in [-0.05, 0) is 54.1 Å². The fraction of sp³-hybridized carbons (Fsp3) is 0.222. The van der Waals surface area contributed by atoms with Crippen molar-refractivity contribution in [3.8, 4) is 17.2 Å². The van der Waals surface area contributed by atoms with Gasteiger partial charge in [0.2, 0.25) is 0 Å². The van der Waals surface area contributed by atoms with Gasteiger partial charge in [0.05, 0.1) is 17.9 Å². The molecule has 1 heterocycles. The van der Waals surface area contributed by atoms with E-state index in [1.54, 1.807) is 18.2 Å². The van der Waals surface area contributed by atoms with Gasteiger partial charge < -0.3 is 19.5 Å². The molecule has 1 aliphatic rings. The molecule has 2 N–H and O–H groups in total. The highest BCUT2D eigenvalue weighted by Gasteiger charge is 2.18. The zero-order valence-corrected chi connectivity index (χ0v) is 22.1. The SMILES string of the molecule is COc1cccc(/C=N\NC(=O)COc2ccc(C3SCCS3)cc2)c1OCC(=O)Nc1ccc(F)cc1. The Kier molecular flexibility index (Phi) is 9.88. The summed E-state index contributed by atoms with van der Waals surface area (Å²) in [5, 5.41) is 6.60. The predicted molar refractivity (Wildman–Crippen MR) is 149 cm³/mol. The summed E-state index contributed by atoms with van der Waals surface area (Å²) < 4.78 is 30.1. The van der Waals surface area contributed by atoms with Gasteiger partial charge in [-0.1, -0.05) is 18.2 Å². The molecule has 1 fully saturated rings. The number of amides is 2. The Morgan fingerprint density at radius 1 is 0.974 bits per heavy atom. The molecule has 1 saturated heterocycles. The number of hydrogen-bond acceptors (Lipinski definition) is 8. The summed E-state index contributed by atoms with van der Waals surface area (Å²) >= 11 is 3.86. The van der Waals surface area contributed by atoms with E-state index in [4.69, 9.17) is 14.2 Å². The number of nitrogens with zero attached hydrogens (tertiary/aromatic N) is 1. The number of benzene rings is 3. The van der Waals surface area contributed by atoms with Crippen LogP contribution in [0, 0.1) is 5.82 Å². The van der Waals surface area contributed by atoms with E-state index < -0.39 is 17.6 Å². The zero-order valence-electron chi connectivity index (χ0n) is 20.5. The van der Waals surface area contributed by atoms with Gasteiger partial charge in [-0.15, -0.1) is 23.5 Å². The molecule has 3 aromatic rings. The Balaban J connectivity index is 1.28. The molecule has 11 heteroatoms. The Bertz CT molecular complexity index is 1270. The lowest BCUT2D eigenvalue weighted by Crippen LogP contribution is -2.24. The van der Waals surface area contributed by atoms with Gasteiger partial charge in [-0.2, -0.15) is 5.10 Å². The summed E-state index contributed by atoms with van der Waals surface area (Å²) in [6.45, 7) is -0.523. The highest BCUT2D eigenvalue weighted by atomic mass is 32.2. The Labute approximate surface area is 228 Å². The summed E-state index contributed by atoms with van der Waals surface area (Å²) in [5.41, 5.74) is 4.58. The molecule has 198 valence electrons. The topological polar surface area (TPSA) is 98.2 Å². The summed E-state index contributed by atoms with van der Waals surface area (Å²) in [5.74, 6) is 2.30. The number of carbonyl (C=O) groups is 2. The molecular weight excluding hydrogens is 529 g/mol. The van der Waals surface area contributed by atoms with Crippen molar-refractivity contribution in [1.82, 2.24) is 5.43 Å². The van der Waals surface area contributed by atoms with Gasteiger partial charge in [-0.3, -0.25) is 9.59 Å². The van der Waals surface area contributed by atoms with Gasteiger partial charge in [-0.25, -0.2) is 9.82 Å². The Hall–Kier alpha value is -3.70. The number of carbonyl (C=O) groups excluding carboxylic acids is 2. The van der Waals surface area contributed by atoms with Crippen LogP contribution in [0.5, 0.6) is 17.2 Å². The van der Waals surface area contributed by atoms with Crippen molar-refractivity contribution in [2.24, 2.45) is 5.10 Å². The molecule has 3 aromatic carbocycles. The summed E-state index contributed by atoms with van der Waals surface area (Å²) in [7, 11) is 1.47. The average Bonchev–Trinajstić information content (AvgIpc) is 3.48. The molecule has 0 spiro atoms. The normalized spacial score (nSPS) is 13.3. The third-order valence-corrected chi connectivity index (χ3v) is 8.35. The van der Waals surface area contributed by atoms with Crippen molar-refractivity contribution in [3.63, 3.8) is 0 Å². The third-order valence-electron chi connectivity index (χ3n) is 5.24. The van der Waals surface area contributed by atoms with Crippen LogP contribution in [0.1, 0.15) is 15.7 Å². The molecule has 1 aliphatic heterocycles. The molecule has 4 rings (SSSR count). The van der Waals surface area contributed by atoms with Crippen LogP contribution in [0.2, 0.25) is 0 Å². The van der Waals surface area contributed by atoms with Gasteiger partial charge in [0.25, 0.3) is 11.8 Å². The lowest BCUT2D eigenvalue weighted by atomic mass is 10.2. The standard InChI is InChI=1S/C27H26FN3O5S2/c1-34-23-4-2-3-19(26(23)36-16-24(32)30-21-9-7-20(28)8-10-21)15-29-31-25(33)17-35-22-11-5-18(6-12-22)27-37-13-14-38-27/h2-12,15,27H,13-14,16-17H2,1H3,(H,30,32)(H,31,33)/b29-15-. The van der Waals surface area contributed by atoms with E-state index >= 15 is 0 Å².